The number of para-hydroxylation sites is 1. The van der Waals surface area contributed by atoms with Crippen molar-refractivity contribution in [1.82, 2.24) is 0 Å². The molecule has 5 nitrogen and oxygen atoms in total. The number of rotatable bonds is 8. The maximum Gasteiger partial charge on any atom is 0.135 e. The van der Waals surface area contributed by atoms with E-state index in [2.05, 4.69) is 12.1 Å². The van der Waals surface area contributed by atoms with Gasteiger partial charge in [-0.15, -0.1) is 0 Å². The fourth-order valence-corrected chi connectivity index (χ4v) is 2.84. The molecule has 28 heavy (non-hydrogen) atoms. The summed E-state index contributed by atoms with van der Waals surface area (Å²) in [7, 11) is 4.84. The first kappa shape index (κ1) is 19.3. The lowest BCUT2D eigenvalue weighted by Crippen LogP contribution is -2.16. The Hall–Kier alpha value is -3.47. The van der Waals surface area contributed by atoms with Crippen LogP contribution >= 0.6 is 0 Å². The number of anilines is 1. The number of ether oxygens (including phenoxy) is 3. The average molecular weight is 376 g/mol. The van der Waals surface area contributed by atoms with Crippen molar-refractivity contribution < 1.29 is 14.2 Å². The zero-order valence-electron chi connectivity index (χ0n) is 16.3. The van der Waals surface area contributed by atoms with Crippen LogP contribution in [0.1, 0.15) is 11.1 Å². The van der Waals surface area contributed by atoms with Crippen LogP contribution < -0.4 is 19.2 Å². The van der Waals surface area contributed by atoms with E-state index in [1.807, 2.05) is 65.7 Å². The van der Waals surface area contributed by atoms with Gasteiger partial charge in [0.05, 0.1) is 45.3 Å². The molecule has 0 aliphatic rings. The number of benzene rings is 3. The van der Waals surface area contributed by atoms with Gasteiger partial charge in [-0.3, -0.25) is 5.01 Å². The first-order valence-corrected chi connectivity index (χ1v) is 8.95. The normalized spacial score (nSPS) is 10.7. The van der Waals surface area contributed by atoms with E-state index >= 15 is 0 Å². The van der Waals surface area contributed by atoms with E-state index in [1.165, 1.54) is 0 Å². The molecule has 5 heteroatoms. The van der Waals surface area contributed by atoms with Crippen LogP contribution in [0.15, 0.2) is 77.9 Å². The zero-order chi connectivity index (χ0) is 19.8. The Morgan fingerprint density at radius 2 is 1.36 bits per heavy atom. The largest absolute Gasteiger partial charge is 0.496 e. The SMILES string of the molecule is COc1cc(OC)c(/C=N\N(Cc2ccccc2)c2ccccc2)c(OC)c1. The number of nitrogens with zero attached hydrogens (tertiary/aromatic N) is 2. The highest BCUT2D eigenvalue weighted by molar-refractivity contribution is 5.88. The number of hydrazone groups is 1. The summed E-state index contributed by atoms with van der Waals surface area (Å²) in [4.78, 5) is 0. The molecule has 0 spiro atoms. The van der Waals surface area contributed by atoms with Crippen molar-refractivity contribution in [3.63, 3.8) is 0 Å². The van der Waals surface area contributed by atoms with Gasteiger partial charge >= 0.3 is 0 Å². The molecule has 0 aliphatic carbocycles. The van der Waals surface area contributed by atoms with Gasteiger partial charge in [0.15, 0.2) is 0 Å². The highest BCUT2D eigenvalue weighted by Crippen LogP contribution is 2.33. The third-order valence-electron chi connectivity index (χ3n) is 4.31. The van der Waals surface area contributed by atoms with E-state index < -0.39 is 0 Å². The van der Waals surface area contributed by atoms with Crippen LogP contribution in [0.2, 0.25) is 0 Å². The standard InChI is InChI=1S/C23H24N2O3/c1-26-20-14-22(27-2)21(23(15-20)28-3)16-24-25(19-12-8-5-9-13-19)17-18-10-6-4-7-11-18/h4-16H,17H2,1-3H3/b24-16-. The summed E-state index contributed by atoms with van der Waals surface area (Å²) in [5, 5.41) is 6.68. The molecule has 0 saturated carbocycles. The third-order valence-corrected chi connectivity index (χ3v) is 4.31. The van der Waals surface area contributed by atoms with Gasteiger partial charge in [-0.2, -0.15) is 5.10 Å². The maximum atomic E-state index is 5.52. The Morgan fingerprint density at radius 1 is 0.786 bits per heavy atom. The number of hydrogen-bond acceptors (Lipinski definition) is 5. The predicted octanol–water partition coefficient (Wildman–Crippen LogP) is 4.75. The Labute approximate surface area is 165 Å². The van der Waals surface area contributed by atoms with E-state index in [0.717, 1.165) is 16.8 Å². The minimum atomic E-state index is 0.632. The van der Waals surface area contributed by atoms with E-state index in [4.69, 9.17) is 19.3 Å². The molecule has 3 aromatic rings. The molecular formula is C23H24N2O3. The molecule has 0 heterocycles. The summed E-state index contributed by atoms with van der Waals surface area (Å²) >= 11 is 0. The molecule has 0 bridgehead atoms. The van der Waals surface area contributed by atoms with Crippen molar-refractivity contribution in [2.45, 2.75) is 6.54 Å². The van der Waals surface area contributed by atoms with Gasteiger partial charge in [0, 0.05) is 12.1 Å². The molecule has 3 aromatic carbocycles. The molecule has 0 unspecified atom stereocenters. The average Bonchev–Trinajstić information content (AvgIpc) is 2.77. The topological polar surface area (TPSA) is 43.3 Å². The van der Waals surface area contributed by atoms with Crippen molar-refractivity contribution in [3.05, 3.63) is 83.9 Å². The smallest absolute Gasteiger partial charge is 0.135 e. The second kappa shape index (κ2) is 9.46. The summed E-state index contributed by atoms with van der Waals surface area (Å²) in [5.41, 5.74) is 2.91. The van der Waals surface area contributed by atoms with Crippen LogP contribution in [0.25, 0.3) is 0 Å². The van der Waals surface area contributed by atoms with Crippen LogP contribution in [0, 0.1) is 0 Å². The lowest BCUT2D eigenvalue weighted by atomic mass is 10.1. The van der Waals surface area contributed by atoms with Gasteiger partial charge in [0.1, 0.15) is 17.2 Å². The molecule has 0 amide bonds. The second-order valence-electron chi connectivity index (χ2n) is 6.07. The van der Waals surface area contributed by atoms with Crippen molar-refractivity contribution >= 4 is 11.9 Å². The lowest BCUT2D eigenvalue weighted by molar-refractivity contribution is 0.374. The van der Waals surface area contributed by atoms with Crippen molar-refractivity contribution in [3.8, 4) is 17.2 Å². The van der Waals surface area contributed by atoms with Crippen LogP contribution in [0.3, 0.4) is 0 Å². The van der Waals surface area contributed by atoms with Crippen LogP contribution in [0.4, 0.5) is 5.69 Å². The van der Waals surface area contributed by atoms with Gasteiger partial charge in [-0.05, 0) is 17.7 Å². The molecule has 0 atom stereocenters. The first-order valence-electron chi connectivity index (χ1n) is 8.95. The van der Waals surface area contributed by atoms with Gasteiger partial charge < -0.3 is 14.2 Å². The second-order valence-corrected chi connectivity index (χ2v) is 6.07. The van der Waals surface area contributed by atoms with Gasteiger partial charge in [0.2, 0.25) is 0 Å². The molecule has 0 fully saturated rings. The zero-order valence-corrected chi connectivity index (χ0v) is 16.3. The third kappa shape index (κ3) is 4.62. The van der Waals surface area contributed by atoms with E-state index in [0.29, 0.717) is 23.8 Å². The van der Waals surface area contributed by atoms with E-state index in [9.17, 15) is 0 Å². The highest BCUT2D eigenvalue weighted by Gasteiger charge is 2.13. The Morgan fingerprint density at radius 3 is 1.89 bits per heavy atom. The van der Waals surface area contributed by atoms with Gasteiger partial charge in [-0.1, -0.05) is 48.5 Å². The van der Waals surface area contributed by atoms with Crippen molar-refractivity contribution in [2.24, 2.45) is 5.10 Å². The molecule has 0 radical (unpaired) electrons. The summed E-state index contributed by atoms with van der Waals surface area (Å²) < 4.78 is 16.3. The molecule has 0 N–H and O–H groups in total. The monoisotopic (exact) mass is 376 g/mol. The van der Waals surface area contributed by atoms with Crippen LogP contribution in [-0.4, -0.2) is 27.5 Å². The molecule has 3 rings (SSSR count). The van der Waals surface area contributed by atoms with Gasteiger partial charge in [-0.25, -0.2) is 0 Å². The first-order chi connectivity index (χ1) is 13.7. The molecule has 0 aliphatic heterocycles. The summed E-state index contributed by atoms with van der Waals surface area (Å²) in [6, 6.07) is 23.9. The van der Waals surface area contributed by atoms with Crippen LogP contribution in [-0.2, 0) is 6.54 Å². The highest BCUT2D eigenvalue weighted by atomic mass is 16.5. The lowest BCUT2D eigenvalue weighted by Gasteiger charge is -2.20. The Balaban J connectivity index is 1.97. The molecule has 0 aromatic heterocycles. The van der Waals surface area contributed by atoms with Gasteiger partial charge in [0.25, 0.3) is 0 Å². The van der Waals surface area contributed by atoms with E-state index in [1.54, 1.807) is 27.5 Å². The minimum absolute atomic E-state index is 0.632. The summed E-state index contributed by atoms with van der Waals surface area (Å²) in [5.74, 6) is 1.93. The minimum Gasteiger partial charge on any atom is -0.496 e. The maximum absolute atomic E-state index is 5.52. The quantitative estimate of drug-likeness (QED) is 0.420. The number of hydrogen-bond donors (Lipinski definition) is 0. The molecule has 0 saturated heterocycles. The molecular weight excluding hydrogens is 352 g/mol. The molecule has 144 valence electrons. The van der Waals surface area contributed by atoms with Crippen molar-refractivity contribution in [1.29, 1.82) is 0 Å². The fraction of sp³-hybridized carbons (Fsp3) is 0.174. The fourth-order valence-electron chi connectivity index (χ4n) is 2.84. The summed E-state index contributed by atoms with van der Waals surface area (Å²) in [6.07, 6.45) is 1.76. The summed E-state index contributed by atoms with van der Waals surface area (Å²) in [6.45, 7) is 0.641. The Kier molecular flexibility index (Phi) is 6.52. The number of methoxy groups -OCH3 is 3. The predicted molar refractivity (Wildman–Crippen MR) is 113 cm³/mol. The Bertz CT molecular complexity index is 887. The van der Waals surface area contributed by atoms with Crippen LogP contribution in [0.5, 0.6) is 17.2 Å². The van der Waals surface area contributed by atoms with E-state index in [-0.39, 0.29) is 0 Å². The van der Waals surface area contributed by atoms with Crippen molar-refractivity contribution in [2.75, 3.05) is 26.3 Å².